The predicted octanol–water partition coefficient (Wildman–Crippen LogP) is 3.85. The van der Waals surface area contributed by atoms with Crippen molar-refractivity contribution >= 4 is 33.1 Å². The molecular weight excluding hydrogens is 374 g/mol. The monoisotopic (exact) mass is 397 g/mol. The van der Waals surface area contributed by atoms with Gasteiger partial charge in [0.1, 0.15) is 22.4 Å². The molecule has 0 aliphatic heterocycles. The second kappa shape index (κ2) is 7.39. The second-order valence-corrected chi connectivity index (χ2v) is 8.17. The summed E-state index contributed by atoms with van der Waals surface area (Å²) < 4.78 is 6.80. The molecule has 7 heteroatoms. The van der Waals surface area contributed by atoms with E-state index in [1.165, 1.54) is 9.44 Å². The van der Waals surface area contributed by atoms with Gasteiger partial charge in [0.05, 0.1) is 18.2 Å². The van der Waals surface area contributed by atoms with Gasteiger partial charge in [0.15, 0.2) is 0 Å². The van der Waals surface area contributed by atoms with Crippen LogP contribution in [0, 0.1) is 6.92 Å². The number of nitrogens with zero attached hydrogens (tertiary/aromatic N) is 2. The molecule has 2 aromatic heterocycles. The number of fused-ring (bicyclic) bond motifs is 3. The van der Waals surface area contributed by atoms with E-state index >= 15 is 0 Å². The number of methoxy groups -OCH3 is 1. The van der Waals surface area contributed by atoms with E-state index in [1.54, 1.807) is 44.4 Å². The number of anilines is 1. The van der Waals surface area contributed by atoms with Crippen LogP contribution in [0.1, 0.15) is 42.1 Å². The lowest BCUT2D eigenvalue weighted by Crippen LogP contribution is -2.34. The van der Waals surface area contributed by atoms with Crippen LogP contribution in [0.2, 0.25) is 0 Å². The summed E-state index contributed by atoms with van der Waals surface area (Å²) in [5.74, 6) is 0.853. The van der Waals surface area contributed by atoms with Gasteiger partial charge in [-0.1, -0.05) is 12.1 Å². The summed E-state index contributed by atoms with van der Waals surface area (Å²) in [6.45, 7) is 3.51. The van der Waals surface area contributed by atoms with E-state index in [0.29, 0.717) is 22.6 Å². The highest BCUT2D eigenvalue weighted by molar-refractivity contribution is 7.18. The van der Waals surface area contributed by atoms with Crippen molar-refractivity contribution in [2.75, 3.05) is 12.4 Å². The number of carbonyl (C=O) groups excluding carboxylic acids is 1. The number of carbonyl (C=O) groups is 1. The van der Waals surface area contributed by atoms with Crippen molar-refractivity contribution in [1.29, 1.82) is 0 Å². The average Bonchev–Trinajstić information content (AvgIpc) is 3.06. The van der Waals surface area contributed by atoms with Crippen molar-refractivity contribution in [2.24, 2.45) is 0 Å². The first-order valence-electron chi connectivity index (χ1n) is 9.48. The maximum Gasteiger partial charge on any atom is 0.263 e. The van der Waals surface area contributed by atoms with Crippen molar-refractivity contribution in [2.45, 2.75) is 45.6 Å². The van der Waals surface area contributed by atoms with Crippen LogP contribution in [0.25, 0.3) is 10.2 Å². The van der Waals surface area contributed by atoms with Crippen LogP contribution in [0.5, 0.6) is 5.75 Å². The minimum absolute atomic E-state index is 0.121. The van der Waals surface area contributed by atoms with Crippen LogP contribution in [0.15, 0.2) is 29.1 Å². The molecule has 4 rings (SSSR count). The zero-order chi connectivity index (χ0) is 19.8. The second-order valence-electron chi connectivity index (χ2n) is 7.09. The summed E-state index contributed by atoms with van der Waals surface area (Å²) in [5.41, 5.74) is 1.59. The third-order valence-electron chi connectivity index (χ3n) is 5.33. The molecule has 1 aliphatic rings. The van der Waals surface area contributed by atoms with Crippen molar-refractivity contribution in [3.05, 3.63) is 50.9 Å². The average molecular weight is 398 g/mol. The van der Waals surface area contributed by atoms with E-state index in [2.05, 4.69) is 10.3 Å². The Bertz CT molecular complexity index is 1120. The molecule has 0 bridgehead atoms. The quantitative estimate of drug-likeness (QED) is 0.726. The van der Waals surface area contributed by atoms with Crippen LogP contribution in [-0.4, -0.2) is 22.6 Å². The summed E-state index contributed by atoms with van der Waals surface area (Å²) in [6, 6.07) is 6.53. The third-order valence-corrected chi connectivity index (χ3v) is 6.51. The van der Waals surface area contributed by atoms with Gasteiger partial charge in [-0.3, -0.25) is 14.2 Å². The number of nitrogens with one attached hydrogen (secondary N) is 1. The number of hydrogen-bond donors (Lipinski definition) is 1. The molecule has 1 aliphatic carbocycles. The maximum absolute atomic E-state index is 13.3. The van der Waals surface area contributed by atoms with Crippen LogP contribution < -0.4 is 15.6 Å². The number of rotatable bonds is 4. The van der Waals surface area contributed by atoms with Crippen molar-refractivity contribution < 1.29 is 9.53 Å². The molecule has 0 radical (unpaired) electrons. The van der Waals surface area contributed by atoms with Gasteiger partial charge < -0.3 is 10.1 Å². The van der Waals surface area contributed by atoms with E-state index in [9.17, 15) is 9.59 Å². The Kier molecular flexibility index (Phi) is 4.93. The lowest BCUT2D eigenvalue weighted by molar-refractivity contribution is -0.118. The lowest BCUT2D eigenvalue weighted by atomic mass is 9.97. The molecular formula is C21H23N3O3S. The molecule has 0 spiro atoms. The molecule has 3 aromatic rings. The smallest absolute Gasteiger partial charge is 0.263 e. The van der Waals surface area contributed by atoms with E-state index in [1.807, 2.05) is 12.1 Å². The zero-order valence-electron chi connectivity index (χ0n) is 16.2. The van der Waals surface area contributed by atoms with E-state index < -0.39 is 6.04 Å². The van der Waals surface area contributed by atoms with Gasteiger partial charge in [-0.25, -0.2) is 4.98 Å². The first-order valence-corrected chi connectivity index (χ1v) is 10.3. The number of hydrogen-bond acceptors (Lipinski definition) is 5. The Morgan fingerprint density at radius 1 is 1.29 bits per heavy atom. The SMILES string of the molecule is COc1ccccc1NC(=O)C(C)n1c(C)nc2sc3c(c2c1=O)CCCC3. The van der Waals surface area contributed by atoms with Gasteiger partial charge in [0.2, 0.25) is 5.91 Å². The fourth-order valence-corrected chi connectivity index (χ4v) is 5.17. The molecule has 6 nitrogen and oxygen atoms in total. The van der Waals surface area contributed by atoms with Gasteiger partial charge in [0.25, 0.3) is 5.56 Å². The summed E-state index contributed by atoms with van der Waals surface area (Å²) in [6.07, 6.45) is 4.18. The van der Waals surface area contributed by atoms with Gasteiger partial charge in [-0.15, -0.1) is 11.3 Å². The normalized spacial score (nSPS) is 14.5. The highest BCUT2D eigenvalue weighted by atomic mass is 32.1. The number of thiophene rings is 1. The molecule has 1 atom stereocenters. The van der Waals surface area contributed by atoms with Crippen LogP contribution in [0.4, 0.5) is 5.69 Å². The van der Waals surface area contributed by atoms with E-state index in [-0.39, 0.29) is 11.5 Å². The topological polar surface area (TPSA) is 73.2 Å². The number of ether oxygens (including phenoxy) is 1. The van der Waals surface area contributed by atoms with Gasteiger partial charge in [-0.05, 0) is 57.2 Å². The molecule has 1 aromatic carbocycles. The van der Waals surface area contributed by atoms with Crippen molar-refractivity contribution in [3.8, 4) is 5.75 Å². The summed E-state index contributed by atoms with van der Waals surface area (Å²) in [5, 5.41) is 3.57. The molecule has 1 N–H and O–H groups in total. The van der Waals surface area contributed by atoms with Crippen LogP contribution in [0.3, 0.4) is 0 Å². The van der Waals surface area contributed by atoms with Crippen molar-refractivity contribution in [1.82, 2.24) is 9.55 Å². The number of para-hydroxylation sites is 2. The standard InChI is InChI=1S/C21H23N3O3S/c1-12(19(25)23-15-9-5-6-10-16(15)27-3)24-13(2)22-20-18(21(24)26)14-8-4-7-11-17(14)28-20/h5-6,9-10,12H,4,7-8,11H2,1-3H3,(H,23,25). The first kappa shape index (κ1) is 18.7. The largest absolute Gasteiger partial charge is 0.495 e. The molecule has 1 unspecified atom stereocenters. The van der Waals surface area contributed by atoms with Crippen LogP contribution >= 0.6 is 11.3 Å². The molecule has 0 saturated carbocycles. The van der Waals surface area contributed by atoms with Gasteiger partial charge in [0, 0.05) is 4.88 Å². The molecule has 0 saturated heterocycles. The summed E-state index contributed by atoms with van der Waals surface area (Å²) >= 11 is 1.62. The Morgan fingerprint density at radius 3 is 2.82 bits per heavy atom. The fourth-order valence-electron chi connectivity index (χ4n) is 3.88. The highest BCUT2D eigenvalue weighted by Gasteiger charge is 2.25. The Hall–Kier alpha value is -2.67. The highest BCUT2D eigenvalue weighted by Crippen LogP contribution is 2.34. The number of benzene rings is 1. The molecule has 2 heterocycles. The zero-order valence-corrected chi connectivity index (χ0v) is 17.1. The number of amides is 1. The predicted molar refractivity (Wildman–Crippen MR) is 112 cm³/mol. The fraction of sp³-hybridized carbons (Fsp3) is 0.381. The molecule has 146 valence electrons. The number of aryl methyl sites for hydroxylation is 3. The minimum atomic E-state index is -0.687. The molecule has 28 heavy (non-hydrogen) atoms. The van der Waals surface area contributed by atoms with Crippen LogP contribution in [-0.2, 0) is 17.6 Å². The summed E-state index contributed by atoms with van der Waals surface area (Å²) in [7, 11) is 1.56. The Morgan fingerprint density at radius 2 is 2.04 bits per heavy atom. The van der Waals surface area contributed by atoms with Crippen molar-refractivity contribution in [3.63, 3.8) is 0 Å². The third kappa shape index (κ3) is 3.09. The Labute approximate surface area is 167 Å². The first-order chi connectivity index (χ1) is 13.5. The lowest BCUT2D eigenvalue weighted by Gasteiger charge is -2.18. The van der Waals surface area contributed by atoms with E-state index in [4.69, 9.17) is 4.74 Å². The summed E-state index contributed by atoms with van der Waals surface area (Å²) in [4.78, 5) is 33.0. The maximum atomic E-state index is 13.3. The Balaban J connectivity index is 1.73. The van der Waals surface area contributed by atoms with Gasteiger partial charge in [-0.2, -0.15) is 0 Å². The van der Waals surface area contributed by atoms with E-state index in [0.717, 1.165) is 36.1 Å². The van der Waals surface area contributed by atoms with Gasteiger partial charge >= 0.3 is 0 Å². The molecule has 0 fully saturated rings. The minimum Gasteiger partial charge on any atom is -0.495 e. The number of aromatic nitrogens is 2. The molecule has 1 amide bonds.